The van der Waals surface area contributed by atoms with Crippen LogP contribution in [0.3, 0.4) is 0 Å². The van der Waals surface area contributed by atoms with Gasteiger partial charge in [-0.25, -0.2) is 0 Å². The minimum absolute atomic E-state index is 0.0301. The topological polar surface area (TPSA) is 63.4 Å². The molecule has 72 valence electrons. The van der Waals surface area contributed by atoms with Crippen molar-refractivity contribution in [3.63, 3.8) is 0 Å². The summed E-state index contributed by atoms with van der Waals surface area (Å²) in [6.45, 7) is 1.60. The van der Waals surface area contributed by atoms with Crippen LogP contribution in [-0.2, 0) is 9.59 Å². The van der Waals surface area contributed by atoms with Crippen molar-refractivity contribution in [1.29, 1.82) is 0 Å². The van der Waals surface area contributed by atoms with Crippen LogP contribution in [0.25, 0.3) is 0 Å². The molecule has 0 atom stereocenters. The number of amides is 2. The van der Waals surface area contributed by atoms with Crippen molar-refractivity contribution in [1.82, 2.24) is 4.90 Å². The third kappa shape index (κ3) is 1.20. The van der Waals surface area contributed by atoms with Crippen molar-refractivity contribution >= 4 is 11.8 Å². The summed E-state index contributed by atoms with van der Waals surface area (Å²) in [5, 5.41) is 0. The van der Waals surface area contributed by atoms with Gasteiger partial charge in [-0.1, -0.05) is 0 Å². The molecule has 1 saturated carbocycles. The van der Waals surface area contributed by atoms with Crippen LogP contribution >= 0.6 is 0 Å². The van der Waals surface area contributed by atoms with Crippen molar-refractivity contribution in [2.45, 2.75) is 25.7 Å². The maximum absolute atomic E-state index is 11.8. The van der Waals surface area contributed by atoms with Gasteiger partial charge in [0.1, 0.15) is 5.41 Å². The van der Waals surface area contributed by atoms with Crippen LogP contribution in [-0.4, -0.2) is 29.8 Å². The monoisotopic (exact) mass is 182 g/mol. The number of primary amides is 1. The standard InChI is InChI=1S/C9H14N2O2/c10-7(12)9(3-4-9)8(13)11-5-1-2-6-11/h1-6H2,(H2,10,12). The summed E-state index contributed by atoms with van der Waals surface area (Å²) in [5.74, 6) is -0.470. The smallest absolute Gasteiger partial charge is 0.238 e. The average molecular weight is 182 g/mol. The van der Waals surface area contributed by atoms with E-state index in [4.69, 9.17) is 5.73 Å². The highest BCUT2D eigenvalue weighted by Gasteiger charge is 2.57. The van der Waals surface area contributed by atoms with E-state index < -0.39 is 11.3 Å². The summed E-state index contributed by atoms with van der Waals surface area (Å²) < 4.78 is 0. The maximum Gasteiger partial charge on any atom is 0.238 e. The Morgan fingerprint density at radius 1 is 1.15 bits per heavy atom. The van der Waals surface area contributed by atoms with Crippen LogP contribution in [0.1, 0.15) is 25.7 Å². The van der Waals surface area contributed by atoms with Gasteiger partial charge in [0, 0.05) is 13.1 Å². The number of rotatable bonds is 2. The Labute approximate surface area is 77.1 Å². The fraction of sp³-hybridized carbons (Fsp3) is 0.778. The van der Waals surface area contributed by atoms with Gasteiger partial charge in [-0.15, -0.1) is 0 Å². The lowest BCUT2D eigenvalue weighted by atomic mass is 10.1. The van der Waals surface area contributed by atoms with E-state index in [1.807, 2.05) is 0 Å². The highest BCUT2D eigenvalue weighted by atomic mass is 16.2. The summed E-state index contributed by atoms with van der Waals surface area (Å²) in [6, 6.07) is 0. The predicted molar refractivity (Wildman–Crippen MR) is 46.7 cm³/mol. The molecule has 1 aliphatic heterocycles. The van der Waals surface area contributed by atoms with E-state index in [1.54, 1.807) is 4.90 Å². The molecule has 1 aliphatic carbocycles. The molecule has 4 heteroatoms. The van der Waals surface area contributed by atoms with Gasteiger partial charge < -0.3 is 10.6 Å². The first-order valence-corrected chi connectivity index (χ1v) is 4.76. The third-order valence-corrected chi connectivity index (χ3v) is 3.02. The lowest BCUT2D eigenvalue weighted by Gasteiger charge is -2.20. The molecule has 0 unspecified atom stereocenters. The normalized spacial score (nSPS) is 24.5. The lowest BCUT2D eigenvalue weighted by molar-refractivity contribution is -0.142. The van der Waals surface area contributed by atoms with Gasteiger partial charge in [0.15, 0.2) is 0 Å². The first kappa shape index (κ1) is 8.53. The Kier molecular flexibility index (Phi) is 1.78. The number of carbonyl (C=O) groups is 2. The molecule has 2 N–H and O–H groups in total. The molecule has 1 heterocycles. The van der Waals surface area contributed by atoms with Crippen LogP contribution in [0.15, 0.2) is 0 Å². The number of carbonyl (C=O) groups excluding carboxylic acids is 2. The van der Waals surface area contributed by atoms with Crippen LogP contribution in [0.5, 0.6) is 0 Å². The van der Waals surface area contributed by atoms with Crippen LogP contribution < -0.4 is 5.73 Å². The van der Waals surface area contributed by atoms with Gasteiger partial charge in [-0.05, 0) is 25.7 Å². The summed E-state index contributed by atoms with van der Waals surface area (Å²) in [7, 11) is 0. The van der Waals surface area contributed by atoms with E-state index in [0.29, 0.717) is 12.8 Å². The third-order valence-electron chi connectivity index (χ3n) is 3.02. The summed E-state index contributed by atoms with van der Waals surface area (Å²) in [5.41, 5.74) is 4.41. The molecule has 0 spiro atoms. The van der Waals surface area contributed by atoms with Crippen LogP contribution in [0.2, 0.25) is 0 Å². The number of likely N-dealkylation sites (tertiary alicyclic amines) is 1. The number of hydrogen-bond acceptors (Lipinski definition) is 2. The zero-order chi connectivity index (χ0) is 9.47. The molecule has 2 fully saturated rings. The molecular weight excluding hydrogens is 168 g/mol. The molecule has 0 aromatic heterocycles. The Hall–Kier alpha value is -1.06. The fourth-order valence-electron chi connectivity index (χ4n) is 1.91. The lowest BCUT2D eigenvalue weighted by Crippen LogP contribution is -2.42. The van der Waals surface area contributed by atoms with E-state index in [0.717, 1.165) is 25.9 Å². The second kappa shape index (κ2) is 2.72. The minimum Gasteiger partial charge on any atom is -0.369 e. The van der Waals surface area contributed by atoms with Crippen LogP contribution in [0.4, 0.5) is 0 Å². The van der Waals surface area contributed by atoms with Gasteiger partial charge >= 0.3 is 0 Å². The summed E-state index contributed by atoms with van der Waals surface area (Å²) in [6.07, 6.45) is 3.41. The molecular formula is C9H14N2O2. The number of hydrogen-bond donors (Lipinski definition) is 1. The fourth-order valence-corrected chi connectivity index (χ4v) is 1.91. The molecule has 1 saturated heterocycles. The van der Waals surface area contributed by atoms with Crippen molar-refractivity contribution in [2.75, 3.05) is 13.1 Å². The Morgan fingerprint density at radius 2 is 1.69 bits per heavy atom. The molecule has 2 aliphatic rings. The first-order valence-electron chi connectivity index (χ1n) is 4.76. The van der Waals surface area contributed by atoms with Gasteiger partial charge in [0.2, 0.25) is 11.8 Å². The Balaban J connectivity index is 2.08. The second-order valence-electron chi connectivity index (χ2n) is 3.95. The van der Waals surface area contributed by atoms with Gasteiger partial charge in [0.05, 0.1) is 0 Å². The van der Waals surface area contributed by atoms with E-state index in [-0.39, 0.29) is 5.91 Å². The zero-order valence-corrected chi connectivity index (χ0v) is 7.58. The van der Waals surface area contributed by atoms with Crippen molar-refractivity contribution < 1.29 is 9.59 Å². The minimum atomic E-state index is -0.801. The molecule has 0 bridgehead atoms. The molecule has 2 amide bonds. The Morgan fingerprint density at radius 3 is 2.08 bits per heavy atom. The summed E-state index contributed by atoms with van der Waals surface area (Å²) >= 11 is 0. The van der Waals surface area contributed by atoms with Crippen molar-refractivity contribution in [3.05, 3.63) is 0 Å². The number of nitrogens with zero attached hydrogens (tertiary/aromatic N) is 1. The molecule has 2 rings (SSSR count). The van der Waals surface area contributed by atoms with E-state index in [1.165, 1.54) is 0 Å². The molecule has 13 heavy (non-hydrogen) atoms. The largest absolute Gasteiger partial charge is 0.369 e. The highest BCUT2D eigenvalue weighted by molar-refractivity contribution is 6.07. The van der Waals surface area contributed by atoms with E-state index in [9.17, 15) is 9.59 Å². The van der Waals surface area contributed by atoms with Gasteiger partial charge in [0.25, 0.3) is 0 Å². The molecule has 0 radical (unpaired) electrons. The quantitative estimate of drug-likeness (QED) is 0.605. The van der Waals surface area contributed by atoms with Crippen molar-refractivity contribution in [3.8, 4) is 0 Å². The Bertz CT molecular complexity index is 252. The SMILES string of the molecule is NC(=O)C1(C(=O)N2CCCC2)CC1. The van der Waals surface area contributed by atoms with E-state index in [2.05, 4.69) is 0 Å². The van der Waals surface area contributed by atoms with Crippen LogP contribution in [0, 0.1) is 5.41 Å². The van der Waals surface area contributed by atoms with Gasteiger partial charge in [-0.3, -0.25) is 9.59 Å². The zero-order valence-electron chi connectivity index (χ0n) is 7.58. The molecule has 4 nitrogen and oxygen atoms in total. The highest BCUT2D eigenvalue weighted by Crippen LogP contribution is 2.47. The second-order valence-corrected chi connectivity index (χ2v) is 3.95. The first-order chi connectivity index (χ1) is 6.17. The average Bonchev–Trinajstić information content (AvgIpc) is 2.74. The molecule has 0 aromatic carbocycles. The van der Waals surface area contributed by atoms with E-state index >= 15 is 0 Å². The van der Waals surface area contributed by atoms with Crippen molar-refractivity contribution in [2.24, 2.45) is 11.1 Å². The molecule has 0 aromatic rings. The summed E-state index contributed by atoms with van der Waals surface area (Å²) in [4.78, 5) is 24.6. The maximum atomic E-state index is 11.8. The number of nitrogens with two attached hydrogens (primary N) is 1. The predicted octanol–water partition coefficient (Wildman–Crippen LogP) is -0.126. The van der Waals surface area contributed by atoms with Gasteiger partial charge in [-0.2, -0.15) is 0 Å².